The molecule has 4 heteroatoms. The molecule has 2 aromatic rings. The molecular weight excluding hydrogens is 458 g/mol. The molecule has 0 aliphatic carbocycles. The van der Waals surface area contributed by atoms with Crippen molar-refractivity contribution in [3.8, 4) is 11.1 Å². The number of aldehydes is 1. The summed E-state index contributed by atoms with van der Waals surface area (Å²) >= 11 is 0. The van der Waals surface area contributed by atoms with E-state index in [0.717, 1.165) is 47.3 Å². The Hall–Kier alpha value is -2.98. The summed E-state index contributed by atoms with van der Waals surface area (Å²) < 4.78 is 0. The molecule has 2 aromatic carbocycles. The van der Waals surface area contributed by atoms with Crippen molar-refractivity contribution in [2.45, 2.75) is 86.5 Å². The van der Waals surface area contributed by atoms with Crippen molar-refractivity contribution in [1.82, 2.24) is 5.48 Å². The van der Waals surface area contributed by atoms with Crippen LogP contribution in [0.1, 0.15) is 96.0 Å². The van der Waals surface area contributed by atoms with E-state index in [1.807, 2.05) is 43.6 Å². The van der Waals surface area contributed by atoms with Crippen LogP contribution in [0.4, 0.5) is 0 Å². The quantitative estimate of drug-likeness (QED) is 0.0933. The second kappa shape index (κ2) is 20.1. The lowest BCUT2D eigenvalue weighted by molar-refractivity contribution is -0.107. The zero-order valence-electron chi connectivity index (χ0n) is 24.0. The van der Waals surface area contributed by atoms with Gasteiger partial charge in [0.05, 0.1) is 0 Å². The second-order valence-corrected chi connectivity index (χ2v) is 9.75. The van der Waals surface area contributed by atoms with Crippen LogP contribution in [-0.4, -0.2) is 17.3 Å². The molecule has 0 aliphatic heterocycles. The molecule has 2 atom stereocenters. The summed E-state index contributed by atoms with van der Waals surface area (Å²) in [5, 5.41) is 8.36. The Labute approximate surface area is 225 Å². The summed E-state index contributed by atoms with van der Waals surface area (Å²) in [5.41, 5.74) is 7.79. The van der Waals surface area contributed by atoms with Gasteiger partial charge in [0, 0.05) is 23.6 Å². The molecule has 0 fully saturated rings. The third-order valence-electron chi connectivity index (χ3n) is 6.52. The van der Waals surface area contributed by atoms with Crippen LogP contribution in [-0.2, 0) is 11.2 Å². The van der Waals surface area contributed by atoms with Crippen LogP contribution in [0.5, 0.6) is 0 Å². The molecule has 0 aliphatic rings. The van der Waals surface area contributed by atoms with E-state index in [9.17, 15) is 9.59 Å². The van der Waals surface area contributed by atoms with E-state index in [1.54, 1.807) is 6.92 Å². The minimum atomic E-state index is 0.0853. The first-order valence-corrected chi connectivity index (χ1v) is 13.5. The monoisotopic (exact) mass is 507 g/mol. The smallest absolute Gasteiger partial charge is 0.159 e. The third-order valence-corrected chi connectivity index (χ3v) is 6.52. The molecule has 2 unspecified atom stereocenters. The van der Waals surface area contributed by atoms with E-state index in [2.05, 4.69) is 58.2 Å². The number of carbonyl (C=O) groups excluding carboxylic acids is 2. The lowest BCUT2D eigenvalue weighted by Gasteiger charge is -2.11. The first kappa shape index (κ1) is 34.0. The summed E-state index contributed by atoms with van der Waals surface area (Å²) in [7, 11) is 0. The number of hydrogen-bond donors (Lipinski definition) is 2. The molecule has 2 rings (SSSR count). The highest BCUT2D eigenvalue weighted by atomic mass is 16.5. The fourth-order valence-electron chi connectivity index (χ4n) is 3.30. The fraction of sp³-hybridized carbons (Fsp3) is 0.455. The van der Waals surface area contributed by atoms with E-state index in [1.165, 1.54) is 31.2 Å². The normalized spacial score (nSPS) is 11.5. The molecule has 37 heavy (non-hydrogen) atoms. The Morgan fingerprint density at radius 1 is 0.946 bits per heavy atom. The molecule has 0 saturated carbocycles. The number of ketones is 1. The first-order valence-electron chi connectivity index (χ1n) is 13.5. The Kier molecular flexibility index (Phi) is 18.5. The van der Waals surface area contributed by atoms with Crippen LogP contribution < -0.4 is 5.48 Å². The van der Waals surface area contributed by atoms with Gasteiger partial charge in [-0.15, -0.1) is 0 Å². The maximum Gasteiger partial charge on any atom is 0.159 e. The van der Waals surface area contributed by atoms with Crippen LogP contribution in [0, 0.1) is 11.8 Å². The van der Waals surface area contributed by atoms with E-state index >= 15 is 0 Å². The van der Waals surface area contributed by atoms with Crippen LogP contribution in [0.3, 0.4) is 0 Å². The Bertz CT molecular complexity index is 929. The van der Waals surface area contributed by atoms with Crippen molar-refractivity contribution in [3.05, 3.63) is 84.1 Å². The Morgan fingerprint density at radius 2 is 1.49 bits per heavy atom. The van der Waals surface area contributed by atoms with Gasteiger partial charge in [-0.2, -0.15) is 0 Å². The molecule has 0 heterocycles. The van der Waals surface area contributed by atoms with Gasteiger partial charge in [-0.1, -0.05) is 121 Å². The van der Waals surface area contributed by atoms with Crippen molar-refractivity contribution < 1.29 is 14.8 Å². The van der Waals surface area contributed by atoms with Gasteiger partial charge in [-0.3, -0.25) is 15.5 Å². The number of unbranched alkanes of at least 4 members (excludes halogenated alkanes) is 2. The van der Waals surface area contributed by atoms with Gasteiger partial charge in [0.25, 0.3) is 0 Å². The number of hydroxylamine groups is 1. The summed E-state index contributed by atoms with van der Waals surface area (Å²) in [6, 6.07) is 16.0. The molecule has 0 spiro atoms. The molecule has 2 N–H and O–H groups in total. The number of rotatable bonds is 13. The zero-order valence-corrected chi connectivity index (χ0v) is 24.0. The van der Waals surface area contributed by atoms with E-state index in [0.29, 0.717) is 12.1 Å². The number of allylic oxidation sites excluding steroid dienone is 1. The van der Waals surface area contributed by atoms with Gasteiger partial charge in [-0.25, -0.2) is 0 Å². The average Bonchev–Trinajstić information content (AvgIpc) is 2.92. The van der Waals surface area contributed by atoms with Gasteiger partial charge < -0.3 is 4.79 Å². The number of Topliss-reactive ketones (excluding diaryl/α,β-unsaturated/α-hetero) is 1. The average molecular weight is 508 g/mol. The van der Waals surface area contributed by atoms with E-state index in [-0.39, 0.29) is 11.7 Å². The molecule has 0 aromatic heterocycles. The highest BCUT2D eigenvalue weighted by molar-refractivity contribution is 5.94. The Balaban J connectivity index is 0.000000634. The van der Waals surface area contributed by atoms with Gasteiger partial charge in [-0.05, 0) is 49.3 Å². The number of benzene rings is 2. The van der Waals surface area contributed by atoms with Crippen molar-refractivity contribution in [2.75, 3.05) is 0 Å². The van der Waals surface area contributed by atoms with Crippen LogP contribution >= 0.6 is 0 Å². The summed E-state index contributed by atoms with van der Waals surface area (Å²) in [4.78, 5) is 21.5. The molecule has 0 amide bonds. The molecule has 4 nitrogen and oxygen atoms in total. The summed E-state index contributed by atoms with van der Waals surface area (Å²) in [6.07, 6.45) is 8.95. The van der Waals surface area contributed by atoms with Crippen LogP contribution in [0.25, 0.3) is 11.1 Å². The topological polar surface area (TPSA) is 66.4 Å². The fourth-order valence-corrected chi connectivity index (χ4v) is 3.30. The molecular formula is C33H49NO3. The second-order valence-electron chi connectivity index (χ2n) is 9.75. The third kappa shape index (κ3) is 15.0. The first-order chi connectivity index (χ1) is 17.6. The summed E-state index contributed by atoms with van der Waals surface area (Å²) in [5.74, 6) is 1.17. The molecule has 0 saturated heterocycles. The zero-order chi connectivity index (χ0) is 28.2. The lowest BCUT2D eigenvalue weighted by Crippen LogP contribution is -2.13. The minimum absolute atomic E-state index is 0.0853. The van der Waals surface area contributed by atoms with E-state index in [4.69, 9.17) is 5.21 Å². The molecule has 204 valence electrons. The molecule has 0 bridgehead atoms. The minimum Gasteiger partial charge on any atom is -0.303 e. The largest absolute Gasteiger partial charge is 0.303 e. The molecule has 0 radical (unpaired) electrons. The number of hydrogen-bond acceptors (Lipinski definition) is 4. The predicted octanol–water partition coefficient (Wildman–Crippen LogP) is 8.99. The highest BCUT2D eigenvalue weighted by Crippen LogP contribution is 2.21. The highest BCUT2D eigenvalue weighted by Gasteiger charge is 2.04. The van der Waals surface area contributed by atoms with E-state index < -0.39 is 0 Å². The standard InChI is InChI=1S/C18H18O2.C8H18.C7H13NO/c1-14(20)16-9-11-18(12-10-16)17-7-5-15(6-8-17)4-2-3-13-19;1-4-6-7-8(3)5-2;1-5(2)6(3)7(4)8-9/h5-13H,2-4H2,1H3;8H,4-7H2,1-3H3;6,8-9H,1,4H2,2-3H3. The van der Waals surface area contributed by atoms with Crippen LogP contribution in [0.2, 0.25) is 0 Å². The van der Waals surface area contributed by atoms with Crippen molar-refractivity contribution in [1.29, 1.82) is 0 Å². The predicted molar refractivity (Wildman–Crippen MR) is 158 cm³/mol. The maximum atomic E-state index is 11.2. The maximum absolute atomic E-state index is 11.2. The number of aryl methyl sites for hydroxylation is 1. The van der Waals surface area contributed by atoms with Gasteiger partial charge in [0.1, 0.15) is 6.29 Å². The van der Waals surface area contributed by atoms with Crippen molar-refractivity contribution >= 4 is 12.1 Å². The van der Waals surface area contributed by atoms with Gasteiger partial charge in [0.2, 0.25) is 0 Å². The van der Waals surface area contributed by atoms with Crippen LogP contribution in [0.15, 0.2) is 73.0 Å². The van der Waals surface area contributed by atoms with Crippen molar-refractivity contribution in [3.63, 3.8) is 0 Å². The SMILES string of the molecule is C=C(C)C(C)C(=C)NO.CC(=O)c1ccc(-c2ccc(CCCC=O)cc2)cc1.CCCCC(C)CC. The van der Waals surface area contributed by atoms with Crippen molar-refractivity contribution in [2.24, 2.45) is 11.8 Å². The van der Waals surface area contributed by atoms with Gasteiger partial charge in [0.15, 0.2) is 5.78 Å². The van der Waals surface area contributed by atoms with Gasteiger partial charge >= 0.3 is 0 Å². The number of nitrogens with one attached hydrogen (secondary N) is 1. The lowest BCUT2D eigenvalue weighted by atomic mass is 10.00. The number of carbonyl (C=O) groups is 2. The summed E-state index contributed by atoms with van der Waals surface area (Å²) in [6.45, 7) is 19.5. The Morgan fingerprint density at radius 3 is 1.86 bits per heavy atom.